The van der Waals surface area contributed by atoms with Gasteiger partial charge in [0.25, 0.3) is 5.91 Å². The third-order valence-corrected chi connectivity index (χ3v) is 11.5. The van der Waals surface area contributed by atoms with E-state index in [4.69, 9.17) is 5.10 Å². The highest BCUT2D eigenvalue weighted by Gasteiger charge is 2.31. The highest BCUT2D eigenvalue weighted by molar-refractivity contribution is 6.01. The zero-order valence-corrected chi connectivity index (χ0v) is 29.3. The molecule has 3 aromatic heterocycles. The van der Waals surface area contributed by atoms with Crippen molar-refractivity contribution < 1.29 is 14.4 Å². The first kappa shape index (κ1) is 32.7. The second-order valence-corrected chi connectivity index (χ2v) is 15.7. The van der Waals surface area contributed by atoms with Gasteiger partial charge >= 0.3 is 0 Å². The van der Waals surface area contributed by atoms with Crippen molar-refractivity contribution in [3.8, 4) is 11.4 Å². The van der Waals surface area contributed by atoms with Crippen molar-refractivity contribution in [1.29, 1.82) is 0 Å². The predicted molar refractivity (Wildman–Crippen MR) is 193 cm³/mol. The molecule has 8 rings (SSSR count). The molecule has 1 atom stereocenters. The number of fused-ring (bicyclic) bond motifs is 2. The van der Waals surface area contributed by atoms with Gasteiger partial charge in [0.05, 0.1) is 11.6 Å². The highest BCUT2D eigenvalue weighted by atomic mass is 16.2. The molecule has 0 saturated carbocycles. The van der Waals surface area contributed by atoms with Crippen LogP contribution >= 0.6 is 0 Å². The van der Waals surface area contributed by atoms with Crippen LogP contribution in [0.3, 0.4) is 0 Å². The fraction of sp³-hybridized carbons (Fsp3) is 0.513. The molecule has 262 valence electrons. The minimum Gasteiger partial charge on any atom is -0.355 e. The number of rotatable bonds is 6. The van der Waals surface area contributed by atoms with E-state index in [-0.39, 0.29) is 23.6 Å². The number of pyridine rings is 1. The molecule has 3 fully saturated rings. The van der Waals surface area contributed by atoms with Crippen LogP contribution in [0.5, 0.6) is 0 Å². The number of benzene rings is 1. The summed E-state index contributed by atoms with van der Waals surface area (Å²) >= 11 is 0. The van der Waals surface area contributed by atoms with Crippen LogP contribution in [0, 0.1) is 11.3 Å². The number of aromatic nitrogens is 4. The lowest BCUT2D eigenvalue weighted by molar-refractivity contribution is -0.134. The molecular formula is C39H48N8O3. The van der Waals surface area contributed by atoms with E-state index in [0.29, 0.717) is 24.2 Å². The molecule has 11 nitrogen and oxygen atoms in total. The summed E-state index contributed by atoms with van der Waals surface area (Å²) in [5, 5.41) is 11.6. The summed E-state index contributed by atoms with van der Waals surface area (Å²) in [5.74, 6) is 0.875. The lowest BCUT2D eigenvalue weighted by Crippen LogP contribution is -2.42. The minimum atomic E-state index is -0.300. The molecule has 3 N–H and O–H groups in total. The fourth-order valence-electron chi connectivity index (χ4n) is 8.54. The van der Waals surface area contributed by atoms with Gasteiger partial charge < -0.3 is 19.7 Å². The highest BCUT2D eigenvalue weighted by Crippen LogP contribution is 2.38. The van der Waals surface area contributed by atoms with E-state index in [1.54, 1.807) is 6.20 Å². The quantitative estimate of drug-likeness (QED) is 0.244. The Hall–Kier alpha value is -4.51. The Morgan fingerprint density at radius 1 is 0.960 bits per heavy atom. The number of carbonyl (C=O) groups is 3. The summed E-state index contributed by atoms with van der Waals surface area (Å²) in [6.07, 6.45) is 8.97. The van der Waals surface area contributed by atoms with Gasteiger partial charge in [0.15, 0.2) is 0 Å². The first-order valence-corrected chi connectivity index (χ1v) is 18.4. The number of nitrogens with zero attached hydrogens (tertiary/aromatic N) is 5. The zero-order valence-electron chi connectivity index (χ0n) is 29.3. The third kappa shape index (κ3) is 6.67. The number of H-pyrrole nitrogens is 2. The van der Waals surface area contributed by atoms with Crippen molar-refractivity contribution in [2.45, 2.75) is 71.1 Å². The largest absolute Gasteiger partial charge is 0.355 e. The summed E-state index contributed by atoms with van der Waals surface area (Å²) in [5.41, 5.74) is 7.52. The maximum absolute atomic E-state index is 13.6. The molecule has 1 unspecified atom stereocenters. The van der Waals surface area contributed by atoms with Crippen LogP contribution < -0.4 is 10.2 Å². The van der Waals surface area contributed by atoms with E-state index in [1.165, 1.54) is 11.3 Å². The number of amides is 3. The van der Waals surface area contributed by atoms with Crippen molar-refractivity contribution in [3.63, 3.8) is 0 Å². The predicted octanol–water partition coefficient (Wildman–Crippen LogP) is 5.05. The molecule has 1 aliphatic carbocycles. The Kier molecular flexibility index (Phi) is 8.70. The van der Waals surface area contributed by atoms with E-state index < -0.39 is 0 Å². The van der Waals surface area contributed by atoms with Crippen LogP contribution in [0.25, 0.3) is 22.3 Å². The Morgan fingerprint density at radius 2 is 1.82 bits per heavy atom. The van der Waals surface area contributed by atoms with E-state index >= 15 is 0 Å². The molecule has 3 saturated heterocycles. The van der Waals surface area contributed by atoms with E-state index in [2.05, 4.69) is 56.2 Å². The average Bonchev–Trinajstić information content (AvgIpc) is 3.64. The van der Waals surface area contributed by atoms with E-state index in [9.17, 15) is 14.4 Å². The molecule has 4 aromatic rings. The number of piperidine rings is 2. The van der Waals surface area contributed by atoms with Crippen LogP contribution in [0.15, 0.2) is 42.6 Å². The maximum atomic E-state index is 13.6. The average molecular weight is 677 g/mol. The van der Waals surface area contributed by atoms with Crippen LogP contribution in [-0.2, 0) is 22.4 Å². The zero-order chi connectivity index (χ0) is 34.4. The lowest BCUT2D eigenvalue weighted by Gasteiger charge is -2.34. The van der Waals surface area contributed by atoms with Gasteiger partial charge in [0.1, 0.15) is 11.5 Å². The summed E-state index contributed by atoms with van der Waals surface area (Å²) < 4.78 is 0. The molecule has 3 aliphatic heterocycles. The third-order valence-electron chi connectivity index (χ3n) is 11.5. The Labute approximate surface area is 293 Å². The van der Waals surface area contributed by atoms with Crippen LogP contribution in [0.4, 0.5) is 5.82 Å². The van der Waals surface area contributed by atoms with Gasteiger partial charge in [0.2, 0.25) is 11.8 Å². The monoisotopic (exact) mass is 676 g/mol. The first-order valence-electron chi connectivity index (χ1n) is 18.4. The number of hydrogen-bond acceptors (Lipinski definition) is 7. The Bertz CT molecular complexity index is 1920. The number of likely N-dealkylation sites (tertiary alicyclic amines) is 1. The van der Waals surface area contributed by atoms with Crippen LogP contribution in [0.2, 0.25) is 0 Å². The molecule has 50 heavy (non-hydrogen) atoms. The maximum Gasteiger partial charge on any atom is 0.253 e. The summed E-state index contributed by atoms with van der Waals surface area (Å²) in [6, 6.07) is 12.1. The second-order valence-electron chi connectivity index (χ2n) is 15.7. The van der Waals surface area contributed by atoms with Crippen molar-refractivity contribution >= 4 is 34.4 Å². The number of nitrogens with one attached hydrogen (secondary N) is 3. The van der Waals surface area contributed by atoms with Gasteiger partial charge in [0, 0.05) is 79.6 Å². The summed E-state index contributed by atoms with van der Waals surface area (Å²) in [6.45, 7) is 11.0. The van der Waals surface area contributed by atoms with Gasteiger partial charge in [-0.05, 0) is 98.7 Å². The van der Waals surface area contributed by atoms with Crippen LogP contribution in [-0.4, -0.2) is 93.5 Å². The smallest absolute Gasteiger partial charge is 0.253 e. The van der Waals surface area contributed by atoms with Gasteiger partial charge in [-0.2, -0.15) is 5.10 Å². The molecule has 1 aromatic carbocycles. The molecule has 3 amide bonds. The molecule has 0 radical (unpaired) electrons. The number of anilines is 1. The van der Waals surface area contributed by atoms with Gasteiger partial charge in [-0.3, -0.25) is 24.8 Å². The van der Waals surface area contributed by atoms with Gasteiger partial charge in [-0.25, -0.2) is 4.98 Å². The molecule has 11 heteroatoms. The molecule has 4 aliphatic rings. The minimum absolute atomic E-state index is 0.110. The number of aromatic amines is 2. The van der Waals surface area contributed by atoms with Crippen molar-refractivity contribution in [3.05, 3.63) is 65.0 Å². The molecule has 0 spiro atoms. The van der Waals surface area contributed by atoms with Gasteiger partial charge in [-0.1, -0.05) is 19.9 Å². The Morgan fingerprint density at radius 3 is 2.66 bits per heavy atom. The number of carbonyl (C=O) groups excluding carboxylic acids is 3. The lowest BCUT2D eigenvalue weighted by atomic mass is 9.76. The fourth-order valence-corrected chi connectivity index (χ4v) is 8.54. The molecule has 0 bridgehead atoms. The van der Waals surface area contributed by atoms with Crippen molar-refractivity contribution in [2.75, 3.05) is 50.7 Å². The summed E-state index contributed by atoms with van der Waals surface area (Å²) in [4.78, 5) is 52.8. The first-order chi connectivity index (χ1) is 24.2. The topological polar surface area (TPSA) is 130 Å². The Balaban J connectivity index is 0.844. The van der Waals surface area contributed by atoms with Crippen molar-refractivity contribution in [2.24, 2.45) is 11.3 Å². The molecule has 6 heterocycles. The molecular weight excluding hydrogens is 628 g/mol. The normalized spacial score (nSPS) is 22.0. The van der Waals surface area contributed by atoms with Gasteiger partial charge in [-0.15, -0.1) is 0 Å². The van der Waals surface area contributed by atoms with Crippen LogP contribution in [0.1, 0.15) is 85.5 Å². The van der Waals surface area contributed by atoms with E-state index in [1.807, 2.05) is 29.2 Å². The number of imide groups is 1. The number of hydrogen-bond donors (Lipinski definition) is 3. The van der Waals surface area contributed by atoms with Crippen molar-refractivity contribution in [1.82, 2.24) is 35.3 Å². The summed E-state index contributed by atoms with van der Waals surface area (Å²) in [7, 11) is 0. The second kappa shape index (κ2) is 13.3. The standard InChI is InChI=1S/C39H48N8O3/c1-39(2)12-8-30-33(23-39)43-44-36(30)32-20-27-4-5-28(21-31(27)41-32)38(50)47-16-10-25(11-17-47)24-45-14-3-15-46(19-18-45)34-22-26(9-13-40-34)29-6-7-35(48)42-37(29)49/h4-5,9,13,20-22,25,29,41H,3,6-8,10-12,14-19,23-24H2,1-2H3,(H,43,44)(H,42,48,49). The SMILES string of the molecule is CC1(C)CCc2c(-c3cc4ccc(C(=O)N5CCC(CN6CCCN(c7cc(C8CCC(=O)NC8=O)ccn7)CC6)CC5)cc4[nH]3)n[nH]c2C1. The van der Waals surface area contributed by atoms with E-state index in [0.717, 1.165) is 124 Å².